The zero-order chi connectivity index (χ0) is 14.9. The van der Waals surface area contributed by atoms with Crippen LogP contribution >= 0.6 is 0 Å². The summed E-state index contributed by atoms with van der Waals surface area (Å²) in [4.78, 5) is 18.0. The van der Waals surface area contributed by atoms with Gasteiger partial charge in [-0.3, -0.25) is 4.98 Å². The molecule has 3 heterocycles. The summed E-state index contributed by atoms with van der Waals surface area (Å²) in [7, 11) is 0. The number of nitriles is 1. The summed E-state index contributed by atoms with van der Waals surface area (Å²) in [6.07, 6.45) is 7.39. The quantitative estimate of drug-likeness (QED) is 0.783. The number of aromatic nitrogens is 1. The summed E-state index contributed by atoms with van der Waals surface area (Å²) in [5, 5.41) is 9.76. The van der Waals surface area contributed by atoms with Crippen LogP contribution in [0.3, 0.4) is 0 Å². The van der Waals surface area contributed by atoms with Crippen LogP contribution in [0.2, 0.25) is 0 Å². The third kappa shape index (κ3) is 2.17. The van der Waals surface area contributed by atoms with E-state index in [0.717, 1.165) is 24.7 Å². The average Bonchev–Trinajstić information content (AvgIpc) is 2.80. The number of ether oxygens (including phenoxy) is 1. The van der Waals surface area contributed by atoms with E-state index in [4.69, 9.17) is 4.74 Å². The zero-order valence-corrected chi connectivity index (χ0v) is 11.7. The van der Waals surface area contributed by atoms with Crippen molar-refractivity contribution in [1.82, 2.24) is 9.88 Å². The van der Waals surface area contributed by atoms with E-state index in [1.165, 1.54) is 0 Å². The fraction of sp³-hybridized carbons (Fsp3) is 0.438. The second kappa shape index (κ2) is 5.21. The molecule has 0 saturated carbocycles. The third-order valence-corrected chi connectivity index (χ3v) is 4.61. The van der Waals surface area contributed by atoms with Crippen LogP contribution in [0.4, 0.5) is 4.79 Å². The van der Waals surface area contributed by atoms with Crippen molar-refractivity contribution in [3.63, 3.8) is 0 Å². The van der Waals surface area contributed by atoms with Gasteiger partial charge in [-0.1, -0.05) is 12.6 Å². The Hall–Kier alpha value is -2.35. The SMILES string of the molecule is C=COC(=O)N1C2CCC1CC(C#N)(c1cccnc1)C2. The largest absolute Gasteiger partial charge is 0.419 e. The smallest absolute Gasteiger partial charge is 0.415 e. The maximum Gasteiger partial charge on any atom is 0.415 e. The Morgan fingerprint density at radius 1 is 1.52 bits per heavy atom. The van der Waals surface area contributed by atoms with Gasteiger partial charge >= 0.3 is 6.09 Å². The van der Waals surface area contributed by atoms with Gasteiger partial charge in [0, 0.05) is 24.5 Å². The molecule has 108 valence electrons. The van der Waals surface area contributed by atoms with E-state index in [1.54, 1.807) is 17.3 Å². The molecule has 0 radical (unpaired) electrons. The molecule has 2 aliphatic heterocycles. The minimum atomic E-state index is -0.551. The molecule has 21 heavy (non-hydrogen) atoms. The van der Waals surface area contributed by atoms with Gasteiger partial charge in [-0.15, -0.1) is 0 Å². The molecule has 2 unspecified atom stereocenters. The second-order valence-corrected chi connectivity index (χ2v) is 5.69. The molecule has 0 aliphatic carbocycles. The van der Waals surface area contributed by atoms with Crippen LogP contribution in [-0.2, 0) is 10.2 Å². The number of piperidine rings is 1. The first kappa shape index (κ1) is 13.6. The van der Waals surface area contributed by atoms with Crippen LogP contribution in [0.5, 0.6) is 0 Å². The number of fused-ring (bicyclic) bond motifs is 2. The molecule has 5 nitrogen and oxygen atoms in total. The fourth-order valence-corrected chi connectivity index (χ4v) is 3.72. The first-order chi connectivity index (χ1) is 10.2. The van der Waals surface area contributed by atoms with E-state index in [2.05, 4.69) is 17.6 Å². The number of rotatable bonds is 2. The van der Waals surface area contributed by atoms with Gasteiger partial charge in [0.2, 0.25) is 0 Å². The molecule has 0 spiro atoms. The highest BCUT2D eigenvalue weighted by atomic mass is 16.5. The van der Waals surface area contributed by atoms with Gasteiger partial charge in [0.05, 0.1) is 17.7 Å². The monoisotopic (exact) mass is 283 g/mol. The van der Waals surface area contributed by atoms with Gasteiger partial charge in [-0.05, 0) is 37.3 Å². The summed E-state index contributed by atoms with van der Waals surface area (Å²) in [5.41, 5.74) is 0.395. The highest BCUT2D eigenvalue weighted by Crippen LogP contribution is 2.46. The minimum Gasteiger partial charge on any atom is -0.419 e. The van der Waals surface area contributed by atoms with Crippen LogP contribution < -0.4 is 0 Å². The Labute approximate surface area is 123 Å². The van der Waals surface area contributed by atoms with E-state index in [-0.39, 0.29) is 18.2 Å². The molecule has 2 aliphatic rings. The molecule has 1 amide bonds. The topological polar surface area (TPSA) is 66.2 Å². The Balaban J connectivity index is 1.89. The minimum absolute atomic E-state index is 0.0519. The molecular weight excluding hydrogens is 266 g/mol. The van der Waals surface area contributed by atoms with Crippen LogP contribution in [0, 0.1) is 11.3 Å². The lowest BCUT2D eigenvalue weighted by Crippen LogP contribution is -2.51. The molecule has 1 aromatic heterocycles. The molecular formula is C16H17N3O2. The lowest BCUT2D eigenvalue weighted by atomic mass is 9.71. The van der Waals surface area contributed by atoms with E-state index < -0.39 is 5.41 Å². The van der Waals surface area contributed by atoms with Crippen molar-refractivity contribution < 1.29 is 9.53 Å². The number of amides is 1. The van der Waals surface area contributed by atoms with Gasteiger partial charge in [0.25, 0.3) is 0 Å². The van der Waals surface area contributed by atoms with Crippen molar-refractivity contribution in [2.24, 2.45) is 0 Å². The molecule has 5 heteroatoms. The van der Waals surface area contributed by atoms with Crippen LogP contribution in [0.1, 0.15) is 31.2 Å². The van der Waals surface area contributed by atoms with Crippen molar-refractivity contribution in [3.8, 4) is 6.07 Å². The Morgan fingerprint density at radius 3 is 2.76 bits per heavy atom. The standard InChI is InChI=1S/C16H17N3O2/c1-2-21-15(20)19-13-5-6-14(19)9-16(8-13,11-17)12-4-3-7-18-10-12/h2-4,7,10,13-14H,1,5-6,8-9H2. The van der Waals surface area contributed by atoms with Crippen LogP contribution in [-0.4, -0.2) is 28.1 Å². The van der Waals surface area contributed by atoms with Crippen LogP contribution in [0.15, 0.2) is 37.4 Å². The summed E-state index contributed by atoms with van der Waals surface area (Å²) in [5.74, 6) is 0. The summed E-state index contributed by atoms with van der Waals surface area (Å²) in [6, 6.07) is 6.40. The first-order valence-corrected chi connectivity index (χ1v) is 7.12. The average molecular weight is 283 g/mol. The van der Waals surface area contributed by atoms with Gasteiger partial charge in [-0.2, -0.15) is 5.26 Å². The van der Waals surface area contributed by atoms with E-state index in [1.807, 2.05) is 12.1 Å². The van der Waals surface area contributed by atoms with Gasteiger partial charge in [0.15, 0.2) is 0 Å². The second-order valence-electron chi connectivity index (χ2n) is 5.69. The van der Waals surface area contributed by atoms with Crippen molar-refractivity contribution in [1.29, 1.82) is 5.26 Å². The normalized spacial score (nSPS) is 30.5. The van der Waals surface area contributed by atoms with E-state index in [9.17, 15) is 10.1 Å². The lowest BCUT2D eigenvalue weighted by Gasteiger charge is -2.42. The molecule has 3 rings (SSSR count). The number of carbonyl (C=O) groups is 1. The maximum absolute atomic E-state index is 12.0. The molecule has 2 saturated heterocycles. The predicted molar refractivity (Wildman–Crippen MR) is 76.1 cm³/mol. The fourth-order valence-electron chi connectivity index (χ4n) is 3.72. The van der Waals surface area contributed by atoms with Crippen molar-refractivity contribution in [2.75, 3.05) is 0 Å². The number of hydrogen-bond acceptors (Lipinski definition) is 4. The number of hydrogen-bond donors (Lipinski definition) is 0. The molecule has 1 aromatic rings. The highest BCUT2D eigenvalue weighted by Gasteiger charge is 2.51. The van der Waals surface area contributed by atoms with Gasteiger partial charge in [0.1, 0.15) is 0 Å². The number of carbonyl (C=O) groups excluding carboxylic acids is 1. The molecule has 2 fully saturated rings. The molecule has 2 bridgehead atoms. The van der Waals surface area contributed by atoms with Crippen molar-refractivity contribution in [2.45, 2.75) is 43.2 Å². The highest BCUT2D eigenvalue weighted by molar-refractivity contribution is 5.70. The Kier molecular flexibility index (Phi) is 3.38. The van der Waals surface area contributed by atoms with Crippen molar-refractivity contribution in [3.05, 3.63) is 42.9 Å². The number of nitrogens with zero attached hydrogens (tertiary/aromatic N) is 3. The predicted octanol–water partition coefficient (Wildman–Crippen LogP) is 2.75. The van der Waals surface area contributed by atoms with Crippen molar-refractivity contribution >= 4 is 6.09 Å². The summed E-state index contributed by atoms with van der Waals surface area (Å²) >= 11 is 0. The maximum atomic E-state index is 12.0. The summed E-state index contributed by atoms with van der Waals surface area (Å²) in [6.45, 7) is 3.43. The lowest BCUT2D eigenvalue weighted by molar-refractivity contribution is 0.0808. The Morgan fingerprint density at radius 2 is 2.24 bits per heavy atom. The van der Waals surface area contributed by atoms with E-state index >= 15 is 0 Å². The number of pyridine rings is 1. The summed E-state index contributed by atoms with van der Waals surface area (Å²) < 4.78 is 4.93. The first-order valence-electron chi connectivity index (χ1n) is 7.12. The molecule has 0 aromatic carbocycles. The Bertz CT molecular complexity index is 579. The zero-order valence-electron chi connectivity index (χ0n) is 11.7. The van der Waals surface area contributed by atoms with Gasteiger partial charge < -0.3 is 9.64 Å². The van der Waals surface area contributed by atoms with E-state index in [0.29, 0.717) is 12.8 Å². The third-order valence-electron chi connectivity index (χ3n) is 4.61. The van der Waals surface area contributed by atoms with Gasteiger partial charge in [-0.25, -0.2) is 4.79 Å². The van der Waals surface area contributed by atoms with Crippen LogP contribution in [0.25, 0.3) is 0 Å². The molecule has 2 atom stereocenters. The molecule has 0 N–H and O–H groups in total.